The zero-order chi connectivity index (χ0) is 11.5. The van der Waals surface area contributed by atoms with E-state index in [1.54, 1.807) is 0 Å². The minimum absolute atomic E-state index is 0.824. The Hall–Kier alpha value is -0.550. The highest BCUT2D eigenvalue weighted by Gasteiger charge is 2.11. The van der Waals surface area contributed by atoms with Gasteiger partial charge in [-0.05, 0) is 54.1 Å². The van der Waals surface area contributed by atoms with Gasteiger partial charge in [0, 0.05) is 5.39 Å². The highest BCUT2D eigenvalue weighted by molar-refractivity contribution is 14.1. The SMILES string of the molecule is CCCNCc1oc2c(I)cccc2c1C. The molecule has 1 N–H and O–H groups in total. The van der Waals surface area contributed by atoms with E-state index in [1.807, 2.05) is 0 Å². The summed E-state index contributed by atoms with van der Waals surface area (Å²) in [5.41, 5.74) is 2.28. The molecule has 2 aromatic rings. The zero-order valence-corrected chi connectivity index (χ0v) is 11.8. The lowest BCUT2D eigenvalue weighted by Gasteiger charge is -2.00. The van der Waals surface area contributed by atoms with E-state index in [0.29, 0.717) is 0 Å². The van der Waals surface area contributed by atoms with Crippen molar-refractivity contribution in [2.45, 2.75) is 26.8 Å². The van der Waals surface area contributed by atoms with E-state index in [1.165, 1.54) is 14.5 Å². The molecule has 0 atom stereocenters. The number of fused-ring (bicyclic) bond motifs is 1. The van der Waals surface area contributed by atoms with Crippen LogP contribution in [0.4, 0.5) is 0 Å². The molecule has 1 aromatic carbocycles. The lowest BCUT2D eigenvalue weighted by molar-refractivity contribution is 0.509. The van der Waals surface area contributed by atoms with Crippen LogP contribution < -0.4 is 5.32 Å². The van der Waals surface area contributed by atoms with Crippen LogP contribution in [-0.4, -0.2) is 6.54 Å². The molecule has 2 rings (SSSR count). The summed E-state index contributed by atoms with van der Waals surface area (Å²) in [6, 6.07) is 6.28. The molecule has 0 radical (unpaired) electrons. The summed E-state index contributed by atoms with van der Waals surface area (Å²) in [4.78, 5) is 0. The number of para-hydroxylation sites is 1. The fraction of sp³-hybridized carbons (Fsp3) is 0.385. The van der Waals surface area contributed by atoms with Crippen molar-refractivity contribution in [2.75, 3.05) is 6.54 Å². The number of hydrogen-bond donors (Lipinski definition) is 1. The second-order valence-corrected chi connectivity index (χ2v) is 5.11. The summed E-state index contributed by atoms with van der Waals surface area (Å²) in [5, 5.41) is 4.61. The maximum absolute atomic E-state index is 5.91. The van der Waals surface area contributed by atoms with Crippen LogP contribution in [0.25, 0.3) is 11.0 Å². The monoisotopic (exact) mass is 329 g/mol. The van der Waals surface area contributed by atoms with Gasteiger partial charge in [-0.25, -0.2) is 0 Å². The molecule has 0 aliphatic carbocycles. The van der Waals surface area contributed by atoms with Crippen molar-refractivity contribution >= 4 is 33.6 Å². The topological polar surface area (TPSA) is 25.2 Å². The predicted molar refractivity (Wildman–Crippen MR) is 75.7 cm³/mol. The van der Waals surface area contributed by atoms with Crippen LogP contribution >= 0.6 is 22.6 Å². The molecule has 0 unspecified atom stereocenters. The molecular formula is C13H16INO. The van der Waals surface area contributed by atoms with E-state index in [0.717, 1.165) is 30.9 Å². The van der Waals surface area contributed by atoms with E-state index >= 15 is 0 Å². The van der Waals surface area contributed by atoms with Gasteiger partial charge in [-0.2, -0.15) is 0 Å². The van der Waals surface area contributed by atoms with Crippen molar-refractivity contribution in [1.29, 1.82) is 0 Å². The van der Waals surface area contributed by atoms with Gasteiger partial charge < -0.3 is 9.73 Å². The number of furan rings is 1. The average molecular weight is 329 g/mol. The molecule has 3 heteroatoms. The van der Waals surface area contributed by atoms with E-state index in [-0.39, 0.29) is 0 Å². The Morgan fingerprint density at radius 1 is 1.38 bits per heavy atom. The Morgan fingerprint density at radius 2 is 2.19 bits per heavy atom. The second kappa shape index (κ2) is 5.19. The molecule has 0 spiro atoms. The van der Waals surface area contributed by atoms with E-state index < -0.39 is 0 Å². The number of aryl methyl sites for hydroxylation is 1. The van der Waals surface area contributed by atoms with Crippen molar-refractivity contribution in [3.8, 4) is 0 Å². The smallest absolute Gasteiger partial charge is 0.147 e. The zero-order valence-electron chi connectivity index (χ0n) is 9.64. The van der Waals surface area contributed by atoms with Crippen LogP contribution in [0.2, 0.25) is 0 Å². The van der Waals surface area contributed by atoms with Gasteiger partial charge in [-0.3, -0.25) is 0 Å². The van der Waals surface area contributed by atoms with Crippen molar-refractivity contribution in [3.05, 3.63) is 33.1 Å². The quantitative estimate of drug-likeness (QED) is 0.681. The first kappa shape index (κ1) is 11.9. The van der Waals surface area contributed by atoms with Crippen LogP contribution in [-0.2, 0) is 6.54 Å². The minimum atomic E-state index is 0.824. The molecule has 0 saturated carbocycles. The van der Waals surface area contributed by atoms with Crippen LogP contribution in [0.15, 0.2) is 22.6 Å². The number of nitrogens with one attached hydrogen (secondary N) is 1. The molecule has 0 saturated heterocycles. The summed E-state index contributed by atoms with van der Waals surface area (Å²) >= 11 is 2.32. The Morgan fingerprint density at radius 3 is 2.88 bits per heavy atom. The largest absolute Gasteiger partial charge is 0.458 e. The first-order chi connectivity index (χ1) is 7.74. The summed E-state index contributed by atoms with van der Waals surface area (Å²) in [5.74, 6) is 1.06. The van der Waals surface area contributed by atoms with Crippen LogP contribution in [0.3, 0.4) is 0 Å². The normalized spacial score (nSPS) is 11.2. The van der Waals surface area contributed by atoms with Crippen molar-refractivity contribution in [2.24, 2.45) is 0 Å². The summed E-state index contributed by atoms with van der Waals surface area (Å²) < 4.78 is 7.09. The van der Waals surface area contributed by atoms with E-state index in [2.05, 4.69) is 60.0 Å². The molecular weight excluding hydrogens is 313 g/mol. The van der Waals surface area contributed by atoms with Gasteiger partial charge >= 0.3 is 0 Å². The molecule has 0 bridgehead atoms. The van der Waals surface area contributed by atoms with Gasteiger partial charge in [0.1, 0.15) is 11.3 Å². The van der Waals surface area contributed by atoms with E-state index in [4.69, 9.17) is 4.42 Å². The third-order valence-electron chi connectivity index (χ3n) is 2.73. The standard InChI is InChI=1S/C13H16INO/c1-3-7-15-8-12-9(2)10-5-4-6-11(14)13(10)16-12/h4-6,15H,3,7-8H2,1-2H3. The van der Waals surface area contributed by atoms with E-state index in [9.17, 15) is 0 Å². The first-order valence-corrected chi connectivity index (χ1v) is 6.69. The maximum Gasteiger partial charge on any atom is 0.147 e. The van der Waals surface area contributed by atoms with Gasteiger partial charge in [-0.15, -0.1) is 0 Å². The summed E-state index contributed by atoms with van der Waals surface area (Å²) in [7, 11) is 0. The van der Waals surface area contributed by atoms with Crippen molar-refractivity contribution < 1.29 is 4.42 Å². The highest BCUT2D eigenvalue weighted by atomic mass is 127. The molecule has 0 fully saturated rings. The van der Waals surface area contributed by atoms with Crippen LogP contribution in [0, 0.1) is 10.5 Å². The average Bonchev–Trinajstić information content (AvgIpc) is 2.59. The molecule has 0 aliphatic heterocycles. The molecule has 16 heavy (non-hydrogen) atoms. The third-order valence-corrected chi connectivity index (χ3v) is 3.58. The second-order valence-electron chi connectivity index (χ2n) is 3.94. The minimum Gasteiger partial charge on any atom is -0.458 e. The van der Waals surface area contributed by atoms with Gasteiger partial charge in [-0.1, -0.05) is 19.1 Å². The lowest BCUT2D eigenvalue weighted by Crippen LogP contribution is -2.13. The molecule has 0 amide bonds. The van der Waals surface area contributed by atoms with Gasteiger partial charge in [0.25, 0.3) is 0 Å². The predicted octanol–water partition coefficient (Wildman–Crippen LogP) is 3.85. The van der Waals surface area contributed by atoms with Crippen LogP contribution in [0.1, 0.15) is 24.7 Å². The number of rotatable bonds is 4. The summed E-state index contributed by atoms with van der Waals surface area (Å²) in [6.07, 6.45) is 1.15. The van der Waals surface area contributed by atoms with Crippen molar-refractivity contribution in [3.63, 3.8) is 0 Å². The molecule has 1 aromatic heterocycles. The summed E-state index contributed by atoms with van der Waals surface area (Å²) in [6.45, 7) is 6.16. The molecule has 0 aliphatic rings. The number of halogens is 1. The first-order valence-electron chi connectivity index (χ1n) is 5.61. The Labute approximate surface area is 110 Å². The molecule has 86 valence electrons. The van der Waals surface area contributed by atoms with Gasteiger partial charge in [0.2, 0.25) is 0 Å². The van der Waals surface area contributed by atoms with Gasteiger partial charge in [0.15, 0.2) is 0 Å². The Bertz CT molecular complexity index is 490. The third kappa shape index (κ3) is 2.25. The molecule has 1 heterocycles. The fourth-order valence-corrected chi connectivity index (χ4v) is 2.41. The highest BCUT2D eigenvalue weighted by Crippen LogP contribution is 2.28. The molecule has 2 nitrogen and oxygen atoms in total. The maximum atomic E-state index is 5.91. The number of benzene rings is 1. The number of hydrogen-bond acceptors (Lipinski definition) is 2. The Balaban J connectivity index is 2.33. The lowest BCUT2D eigenvalue weighted by atomic mass is 10.1. The van der Waals surface area contributed by atoms with Gasteiger partial charge in [0.05, 0.1) is 10.1 Å². The Kier molecular flexibility index (Phi) is 3.86. The van der Waals surface area contributed by atoms with Crippen molar-refractivity contribution in [1.82, 2.24) is 5.32 Å². The van der Waals surface area contributed by atoms with Crippen LogP contribution in [0.5, 0.6) is 0 Å². The fourth-order valence-electron chi connectivity index (χ4n) is 1.81.